The molecule has 5 nitrogen and oxygen atoms in total. The number of thiazole rings is 1. The highest BCUT2D eigenvalue weighted by molar-refractivity contribution is 7.09. The lowest BCUT2D eigenvalue weighted by Gasteiger charge is -2.08. The van der Waals surface area contributed by atoms with E-state index >= 15 is 0 Å². The number of hydrogen-bond acceptors (Lipinski definition) is 5. The van der Waals surface area contributed by atoms with E-state index in [1.54, 1.807) is 18.3 Å². The predicted octanol–water partition coefficient (Wildman–Crippen LogP) is 2.00. The molecule has 2 rings (SSSR count). The summed E-state index contributed by atoms with van der Waals surface area (Å²) in [5, 5.41) is 11.6. The lowest BCUT2D eigenvalue weighted by atomic mass is 10.2. The molecule has 17 heavy (non-hydrogen) atoms. The van der Waals surface area contributed by atoms with E-state index < -0.39 is 5.97 Å². The molecule has 0 atom stereocenters. The molecule has 1 aromatic carbocycles. The molecule has 88 valence electrons. The summed E-state index contributed by atoms with van der Waals surface area (Å²) < 4.78 is 5.41. The largest absolute Gasteiger partial charge is 0.486 e. The summed E-state index contributed by atoms with van der Waals surface area (Å²) >= 11 is 1.45. The van der Waals surface area contributed by atoms with Crippen LogP contribution in [0, 0.1) is 0 Å². The van der Waals surface area contributed by atoms with Crippen molar-refractivity contribution in [3.8, 4) is 5.75 Å². The van der Waals surface area contributed by atoms with E-state index in [4.69, 9.17) is 15.6 Å². The Hall–Kier alpha value is -2.08. The van der Waals surface area contributed by atoms with E-state index in [1.807, 2.05) is 5.38 Å². The van der Waals surface area contributed by atoms with Gasteiger partial charge in [-0.2, -0.15) is 0 Å². The van der Waals surface area contributed by atoms with Crippen LogP contribution in [0.3, 0.4) is 0 Å². The van der Waals surface area contributed by atoms with Crippen LogP contribution in [-0.2, 0) is 6.61 Å². The van der Waals surface area contributed by atoms with Crippen molar-refractivity contribution in [1.82, 2.24) is 4.98 Å². The van der Waals surface area contributed by atoms with Crippen LogP contribution < -0.4 is 10.5 Å². The van der Waals surface area contributed by atoms with Gasteiger partial charge < -0.3 is 15.6 Å². The minimum atomic E-state index is -1.06. The fourth-order valence-electron chi connectivity index (χ4n) is 1.30. The average Bonchev–Trinajstić information content (AvgIpc) is 2.80. The van der Waals surface area contributed by atoms with Crippen LogP contribution in [0.4, 0.5) is 5.69 Å². The molecule has 0 unspecified atom stereocenters. The number of rotatable bonds is 4. The first-order valence-electron chi connectivity index (χ1n) is 4.81. The average molecular weight is 250 g/mol. The molecule has 0 fully saturated rings. The number of hydrogen-bond donors (Lipinski definition) is 2. The topological polar surface area (TPSA) is 85.4 Å². The third kappa shape index (κ3) is 2.73. The molecule has 0 amide bonds. The van der Waals surface area contributed by atoms with Gasteiger partial charge in [0.25, 0.3) is 0 Å². The number of ether oxygens (including phenoxy) is 1. The summed E-state index contributed by atoms with van der Waals surface area (Å²) in [6.45, 7) is 0.252. The molecule has 6 heteroatoms. The second-order valence-corrected chi connectivity index (χ2v) is 4.25. The SMILES string of the molecule is Nc1ccc(OCc2nccs2)c(C(=O)O)c1. The fraction of sp³-hybridized carbons (Fsp3) is 0.0909. The highest BCUT2D eigenvalue weighted by atomic mass is 32.1. The molecule has 0 spiro atoms. The van der Waals surface area contributed by atoms with E-state index in [-0.39, 0.29) is 12.2 Å². The van der Waals surface area contributed by atoms with E-state index in [2.05, 4.69) is 4.98 Å². The highest BCUT2D eigenvalue weighted by Gasteiger charge is 2.12. The molecule has 1 heterocycles. The Balaban J connectivity index is 2.17. The number of carboxylic acids is 1. The summed E-state index contributed by atoms with van der Waals surface area (Å²) in [7, 11) is 0. The number of nitrogens with zero attached hydrogens (tertiary/aromatic N) is 1. The van der Waals surface area contributed by atoms with Gasteiger partial charge >= 0.3 is 5.97 Å². The quantitative estimate of drug-likeness (QED) is 0.810. The smallest absolute Gasteiger partial charge is 0.339 e. The van der Waals surface area contributed by atoms with Gasteiger partial charge in [0.1, 0.15) is 22.9 Å². The van der Waals surface area contributed by atoms with Gasteiger partial charge in [-0.15, -0.1) is 11.3 Å². The Morgan fingerprint density at radius 3 is 3.00 bits per heavy atom. The Kier molecular flexibility index (Phi) is 3.24. The van der Waals surface area contributed by atoms with Crippen molar-refractivity contribution in [2.75, 3.05) is 5.73 Å². The lowest BCUT2D eigenvalue weighted by molar-refractivity contribution is 0.0692. The predicted molar refractivity (Wildman–Crippen MR) is 64.3 cm³/mol. The lowest BCUT2D eigenvalue weighted by Crippen LogP contribution is -2.04. The molecule has 0 aliphatic rings. The molecule has 0 radical (unpaired) electrons. The molecular formula is C11H10N2O3S. The number of aromatic nitrogens is 1. The fourth-order valence-corrected chi connectivity index (χ4v) is 1.83. The number of nitrogen functional groups attached to an aromatic ring is 1. The van der Waals surface area contributed by atoms with Crippen molar-refractivity contribution < 1.29 is 14.6 Å². The zero-order chi connectivity index (χ0) is 12.3. The number of carbonyl (C=O) groups is 1. The van der Waals surface area contributed by atoms with Crippen molar-refractivity contribution in [3.63, 3.8) is 0 Å². The number of benzene rings is 1. The van der Waals surface area contributed by atoms with E-state index in [1.165, 1.54) is 17.4 Å². The van der Waals surface area contributed by atoms with Crippen LogP contribution in [-0.4, -0.2) is 16.1 Å². The van der Waals surface area contributed by atoms with Crippen LogP contribution in [0.15, 0.2) is 29.8 Å². The van der Waals surface area contributed by atoms with Gasteiger partial charge in [-0.1, -0.05) is 0 Å². The normalized spacial score (nSPS) is 10.1. The monoisotopic (exact) mass is 250 g/mol. The first-order chi connectivity index (χ1) is 8.16. The molecule has 1 aromatic heterocycles. The van der Waals surface area contributed by atoms with E-state index in [0.29, 0.717) is 11.4 Å². The summed E-state index contributed by atoms with van der Waals surface area (Å²) in [6, 6.07) is 4.52. The van der Waals surface area contributed by atoms with Gasteiger partial charge in [-0.25, -0.2) is 9.78 Å². The van der Waals surface area contributed by atoms with Crippen LogP contribution >= 0.6 is 11.3 Å². The number of aromatic carboxylic acids is 1. The van der Waals surface area contributed by atoms with Crippen molar-refractivity contribution in [1.29, 1.82) is 0 Å². The maximum absolute atomic E-state index is 11.0. The Morgan fingerprint density at radius 2 is 2.35 bits per heavy atom. The molecule has 2 aromatic rings. The minimum absolute atomic E-state index is 0.0570. The Labute approximate surface area is 101 Å². The summed E-state index contributed by atoms with van der Waals surface area (Å²) in [5.74, 6) is -0.770. The molecule has 3 N–H and O–H groups in total. The van der Waals surface area contributed by atoms with Crippen molar-refractivity contribution in [2.24, 2.45) is 0 Å². The first-order valence-corrected chi connectivity index (χ1v) is 5.69. The van der Waals surface area contributed by atoms with Crippen molar-refractivity contribution >= 4 is 23.0 Å². The Morgan fingerprint density at radius 1 is 1.53 bits per heavy atom. The van der Waals surface area contributed by atoms with Crippen molar-refractivity contribution in [3.05, 3.63) is 40.3 Å². The number of nitrogens with two attached hydrogens (primary N) is 1. The second kappa shape index (κ2) is 4.84. The maximum atomic E-state index is 11.0. The van der Waals surface area contributed by atoms with Gasteiger partial charge in [0.15, 0.2) is 0 Å². The second-order valence-electron chi connectivity index (χ2n) is 3.28. The van der Waals surface area contributed by atoms with Gasteiger partial charge in [0.05, 0.1) is 0 Å². The number of carboxylic acid groups (broad SMARTS) is 1. The van der Waals surface area contributed by atoms with Crippen molar-refractivity contribution in [2.45, 2.75) is 6.61 Å². The van der Waals surface area contributed by atoms with E-state index in [9.17, 15) is 4.79 Å². The van der Waals surface area contributed by atoms with Gasteiger partial charge in [0.2, 0.25) is 0 Å². The minimum Gasteiger partial charge on any atom is -0.486 e. The Bertz CT molecular complexity index is 526. The van der Waals surface area contributed by atoms with Crippen LogP contribution in [0.1, 0.15) is 15.4 Å². The molecule has 0 saturated carbocycles. The van der Waals surface area contributed by atoms with Gasteiger partial charge in [-0.3, -0.25) is 0 Å². The maximum Gasteiger partial charge on any atom is 0.339 e. The zero-order valence-corrected chi connectivity index (χ0v) is 9.61. The molecular weight excluding hydrogens is 240 g/mol. The molecule has 0 saturated heterocycles. The zero-order valence-electron chi connectivity index (χ0n) is 8.79. The first kappa shape index (κ1) is 11.4. The standard InChI is InChI=1S/C11H10N2O3S/c12-7-1-2-9(8(5-7)11(14)15)16-6-10-13-3-4-17-10/h1-5H,6,12H2,(H,14,15). The third-order valence-electron chi connectivity index (χ3n) is 2.07. The number of anilines is 1. The van der Waals surface area contributed by atoms with Crippen LogP contribution in [0.2, 0.25) is 0 Å². The summed E-state index contributed by atoms with van der Waals surface area (Å²) in [6.07, 6.45) is 1.67. The summed E-state index contributed by atoms with van der Waals surface area (Å²) in [5.41, 5.74) is 5.98. The molecule has 0 aliphatic carbocycles. The molecule has 0 bridgehead atoms. The van der Waals surface area contributed by atoms with E-state index in [0.717, 1.165) is 5.01 Å². The third-order valence-corrected chi connectivity index (χ3v) is 2.82. The highest BCUT2D eigenvalue weighted by Crippen LogP contribution is 2.22. The van der Waals surface area contributed by atoms with Crippen LogP contribution in [0.25, 0.3) is 0 Å². The summed E-state index contributed by atoms with van der Waals surface area (Å²) in [4.78, 5) is 15.0. The molecule has 0 aliphatic heterocycles. The van der Waals surface area contributed by atoms with Crippen LogP contribution in [0.5, 0.6) is 5.75 Å². The van der Waals surface area contributed by atoms with Gasteiger partial charge in [0, 0.05) is 17.3 Å². The van der Waals surface area contributed by atoms with Gasteiger partial charge in [-0.05, 0) is 18.2 Å².